The highest BCUT2D eigenvalue weighted by atomic mass is 16.7. The molecule has 1 rings (SSSR count). The quantitative estimate of drug-likeness (QED) is 0.737. The van der Waals surface area contributed by atoms with Gasteiger partial charge >= 0.3 is 6.09 Å². The van der Waals surface area contributed by atoms with Crippen LogP contribution in [-0.2, 0) is 14.2 Å². The van der Waals surface area contributed by atoms with Crippen LogP contribution in [-0.4, -0.2) is 43.8 Å². The predicted octanol–water partition coefficient (Wildman–Crippen LogP) is 0.990. The minimum absolute atomic E-state index is 0.0341. The largest absolute Gasteiger partial charge is 0.444 e. The third kappa shape index (κ3) is 5.20. The number of methoxy groups -OCH3 is 1. The minimum atomic E-state index is -0.506. The van der Waals surface area contributed by atoms with Gasteiger partial charge in [0.1, 0.15) is 12.4 Å². The van der Waals surface area contributed by atoms with E-state index in [4.69, 9.17) is 19.9 Å². The van der Waals surface area contributed by atoms with E-state index in [2.05, 4.69) is 5.32 Å². The normalized spacial score (nSPS) is 28.2. The fourth-order valence-corrected chi connectivity index (χ4v) is 1.99. The molecular formula is C12H24N2O4. The third-order valence-electron chi connectivity index (χ3n) is 2.64. The number of rotatable bonds is 4. The molecule has 0 aromatic rings. The third-order valence-corrected chi connectivity index (χ3v) is 2.64. The molecule has 0 radical (unpaired) electrons. The molecule has 0 aromatic carbocycles. The molecule has 3 atom stereocenters. The Labute approximate surface area is 108 Å². The van der Waals surface area contributed by atoms with Crippen molar-refractivity contribution < 1.29 is 19.0 Å². The SMILES string of the molecule is COCOC1C[C@H](N)C[C@@H]1NC(=O)OC(C)(C)C. The molecule has 0 saturated heterocycles. The molecule has 0 bridgehead atoms. The van der Waals surface area contributed by atoms with Crippen molar-refractivity contribution in [2.45, 2.75) is 57.4 Å². The molecule has 0 aliphatic heterocycles. The second kappa shape index (κ2) is 6.36. The van der Waals surface area contributed by atoms with Crippen LogP contribution in [0.15, 0.2) is 0 Å². The first-order valence-electron chi connectivity index (χ1n) is 6.17. The molecule has 1 aliphatic rings. The zero-order valence-electron chi connectivity index (χ0n) is 11.6. The highest BCUT2D eigenvalue weighted by Gasteiger charge is 2.35. The molecule has 1 aliphatic carbocycles. The highest BCUT2D eigenvalue weighted by molar-refractivity contribution is 5.68. The Morgan fingerprint density at radius 2 is 2.06 bits per heavy atom. The summed E-state index contributed by atoms with van der Waals surface area (Å²) < 4.78 is 15.6. The van der Waals surface area contributed by atoms with Crippen LogP contribution in [0.5, 0.6) is 0 Å². The molecule has 18 heavy (non-hydrogen) atoms. The average molecular weight is 260 g/mol. The Balaban J connectivity index is 2.45. The van der Waals surface area contributed by atoms with Gasteiger partial charge in [-0.15, -0.1) is 0 Å². The summed E-state index contributed by atoms with van der Waals surface area (Å²) in [7, 11) is 1.56. The van der Waals surface area contributed by atoms with E-state index < -0.39 is 11.7 Å². The van der Waals surface area contributed by atoms with Gasteiger partial charge in [-0.1, -0.05) is 0 Å². The molecule has 0 aromatic heterocycles. The summed E-state index contributed by atoms with van der Waals surface area (Å²) in [5, 5.41) is 2.80. The van der Waals surface area contributed by atoms with E-state index in [0.717, 1.165) is 0 Å². The van der Waals surface area contributed by atoms with Crippen molar-refractivity contribution in [2.75, 3.05) is 13.9 Å². The van der Waals surface area contributed by atoms with Gasteiger partial charge in [-0.05, 0) is 33.6 Å². The number of hydrogen-bond donors (Lipinski definition) is 2. The number of carbonyl (C=O) groups excluding carboxylic acids is 1. The van der Waals surface area contributed by atoms with Crippen LogP contribution < -0.4 is 11.1 Å². The molecule has 1 fully saturated rings. The number of amides is 1. The maximum atomic E-state index is 11.7. The van der Waals surface area contributed by atoms with Crippen LogP contribution in [0, 0.1) is 0 Å². The van der Waals surface area contributed by atoms with Gasteiger partial charge in [-0.3, -0.25) is 0 Å². The number of carbonyl (C=O) groups is 1. The summed E-state index contributed by atoms with van der Waals surface area (Å²) >= 11 is 0. The van der Waals surface area contributed by atoms with Gasteiger partial charge < -0.3 is 25.3 Å². The van der Waals surface area contributed by atoms with Crippen molar-refractivity contribution in [2.24, 2.45) is 5.73 Å². The first-order chi connectivity index (χ1) is 8.31. The molecule has 0 spiro atoms. The Morgan fingerprint density at radius 1 is 1.39 bits per heavy atom. The highest BCUT2D eigenvalue weighted by Crippen LogP contribution is 2.22. The van der Waals surface area contributed by atoms with E-state index in [0.29, 0.717) is 12.8 Å². The van der Waals surface area contributed by atoms with Crippen LogP contribution in [0.25, 0.3) is 0 Å². The lowest BCUT2D eigenvalue weighted by Crippen LogP contribution is -2.43. The van der Waals surface area contributed by atoms with Crippen LogP contribution in [0.3, 0.4) is 0 Å². The van der Waals surface area contributed by atoms with Crippen molar-refractivity contribution in [1.82, 2.24) is 5.32 Å². The second-order valence-corrected chi connectivity index (χ2v) is 5.60. The monoisotopic (exact) mass is 260 g/mol. The van der Waals surface area contributed by atoms with Crippen LogP contribution in [0.4, 0.5) is 4.79 Å². The number of alkyl carbamates (subject to hydrolysis) is 1. The summed E-state index contributed by atoms with van der Waals surface area (Å²) in [6.07, 6.45) is 0.845. The van der Waals surface area contributed by atoms with E-state index in [1.807, 2.05) is 20.8 Å². The van der Waals surface area contributed by atoms with Crippen molar-refractivity contribution in [3.8, 4) is 0 Å². The van der Waals surface area contributed by atoms with Crippen molar-refractivity contribution >= 4 is 6.09 Å². The molecule has 0 heterocycles. The molecular weight excluding hydrogens is 236 g/mol. The van der Waals surface area contributed by atoms with Gasteiger partial charge in [0.15, 0.2) is 0 Å². The molecule has 6 heteroatoms. The molecule has 3 N–H and O–H groups in total. The van der Waals surface area contributed by atoms with Gasteiger partial charge in [0.2, 0.25) is 0 Å². The lowest BCUT2D eigenvalue weighted by atomic mass is 10.2. The summed E-state index contributed by atoms with van der Waals surface area (Å²) in [6.45, 7) is 5.67. The Bertz CT molecular complexity index is 278. The summed E-state index contributed by atoms with van der Waals surface area (Å²) in [6, 6.07) is -0.0863. The number of nitrogens with two attached hydrogens (primary N) is 1. The maximum Gasteiger partial charge on any atom is 0.407 e. The molecule has 1 amide bonds. The minimum Gasteiger partial charge on any atom is -0.444 e. The lowest BCUT2D eigenvalue weighted by Gasteiger charge is -2.24. The van der Waals surface area contributed by atoms with Crippen LogP contribution in [0.1, 0.15) is 33.6 Å². The van der Waals surface area contributed by atoms with Gasteiger partial charge in [-0.25, -0.2) is 4.79 Å². The van der Waals surface area contributed by atoms with Crippen LogP contribution >= 0.6 is 0 Å². The van der Waals surface area contributed by atoms with Crippen molar-refractivity contribution in [1.29, 1.82) is 0 Å². The van der Waals surface area contributed by atoms with Gasteiger partial charge in [0.05, 0.1) is 12.1 Å². The maximum absolute atomic E-state index is 11.7. The Kier molecular flexibility index (Phi) is 5.37. The van der Waals surface area contributed by atoms with E-state index >= 15 is 0 Å². The van der Waals surface area contributed by atoms with Gasteiger partial charge in [-0.2, -0.15) is 0 Å². The summed E-state index contributed by atoms with van der Waals surface area (Å²) in [5.41, 5.74) is 5.37. The molecule has 1 unspecified atom stereocenters. The zero-order valence-corrected chi connectivity index (χ0v) is 11.6. The smallest absolute Gasteiger partial charge is 0.407 e. The Hall–Kier alpha value is -0.850. The second-order valence-electron chi connectivity index (χ2n) is 5.60. The molecule has 1 saturated carbocycles. The summed E-state index contributed by atoms with van der Waals surface area (Å²) in [5.74, 6) is 0. The van der Waals surface area contributed by atoms with E-state index in [9.17, 15) is 4.79 Å². The molecule has 6 nitrogen and oxygen atoms in total. The summed E-state index contributed by atoms with van der Waals surface area (Å²) in [4.78, 5) is 11.7. The molecule has 106 valence electrons. The predicted molar refractivity (Wildman–Crippen MR) is 67.1 cm³/mol. The first kappa shape index (κ1) is 15.2. The fourth-order valence-electron chi connectivity index (χ4n) is 1.99. The van der Waals surface area contributed by atoms with Crippen LogP contribution in [0.2, 0.25) is 0 Å². The van der Waals surface area contributed by atoms with Crippen molar-refractivity contribution in [3.05, 3.63) is 0 Å². The zero-order chi connectivity index (χ0) is 13.8. The van der Waals surface area contributed by atoms with Crippen molar-refractivity contribution in [3.63, 3.8) is 0 Å². The topological polar surface area (TPSA) is 82.8 Å². The number of nitrogens with one attached hydrogen (secondary N) is 1. The standard InChI is InChI=1S/C12H24N2O4/c1-12(2,3)18-11(15)14-9-5-8(13)6-10(9)17-7-16-4/h8-10H,5-7,13H2,1-4H3,(H,14,15)/t8-,9+,10?/m1/s1. The fraction of sp³-hybridized carbons (Fsp3) is 0.917. The average Bonchev–Trinajstić information content (AvgIpc) is 2.52. The number of hydrogen-bond acceptors (Lipinski definition) is 5. The first-order valence-corrected chi connectivity index (χ1v) is 6.17. The Morgan fingerprint density at radius 3 is 2.61 bits per heavy atom. The van der Waals surface area contributed by atoms with Gasteiger partial charge in [0.25, 0.3) is 0 Å². The van der Waals surface area contributed by atoms with E-state index in [1.165, 1.54) is 0 Å². The lowest BCUT2D eigenvalue weighted by molar-refractivity contribution is -0.0771. The number of ether oxygens (including phenoxy) is 3. The van der Waals surface area contributed by atoms with E-state index in [1.54, 1.807) is 7.11 Å². The van der Waals surface area contributed by atoms with Gasteiger partial charge in [0, 0.05) is 13.2 Å². The van der Waals surface area contributed by atoms with E-state index in [-0.39, 0.29) is 25.0 Å².